The van der Waals surface area contributed by atoms with Crippen molar-refractivity contribution in [1.82, 2.24) is 25.2 Å². The van der Waals surface area contributed by atoms with Crippen LogP contribution in [-0.2, 0) is 9.53 Å². The Morgan fingerprint density at radius 1 is 1.19 bits per heavy atom. The molecular formula is C26H29N5O6. The molecule has 2 aromatic heterocycles. The summed E-state index contributed by atoms with van der Waals surface area (Å²) in [5, 5.41) is 3.00. The summed E-state index contributed by atoms with van der Waals surface area (Å²) in [5.41, 5.74) is 2.82. The van der Waals surface area contributed by atoms with E-state index in [0.29, 0.717) is 77.3 Å². The Balaban J connectivity index is 1.23. The summed E-state index contributed by atoms with van der Waals surface area (Å²) >= 11 is 0. The predicted molar refractivity (Wildman–Crippen MR) is 133 cm³/mol. The molecule has 11 nitrogen and oxygen atoms in total. The van der Waals surface area contributed by atoms with Crippen LogP contribution in [0.2, 0.25) is 0 Å². The number of rotatable bonds is 9. The molecule has 3 aliphatic rings. The summed E-state index contributed by atoms with van der Waals surface area (Å²) in [6, 6.07) is 3.71. The topological polar surface area (TPSA) is 128 Å². The van der Waals surface area contributed by atoms with E-state index >= 15 is 0 Å². The van der Waals surface area contributed by atoms with Gasteiger partial charge in [-0.05, 0) is 43.2 Å². The lowest BCUT2D eigenvalue weighted by Crippen LogP contribution is -2.34. The molecule has 1 unspecified atom stereocenters. The highest BCUT2D eigenvalue weighted by molar-refractivity contribution is 6.08. The van der Waals surface area contributed by atoms with E-state index in [-0.39, 0.29) is 31.1 Å². The number of hydrogen-bond acceptors (Lipinski definition) is 8. The summed E-state index contributed by atoms with van der Waals surface area (Å²) in [6.07, 6.45) is 6.27. The van der Waals surface area contributed by atoms with Crippen LogP contribution in [0.4, 0.5) is 0 Å². The molecule has 1 atom stereocenters. The monoisotopic (exact) mass is 507 g/mol. The Labute approximate surface area is 213 Å². The average Bonchev–Trinajstić information content (AvgIpc) is 3.27. The highest BCUT2D eigenvalue weighted by Crippen LogP contribution is 2.48. The number of aromatic nitrogens is 3. The molecular weight excluding hydrogens is 478 g/mol. The Kier molecular flexibility index (Phi) is 6.29. The lowest BCUT2D eigenvalue weighted by Gasteiger charge is -2.16. The van der Waals surface area contributed by atoms with Gasteiger partial charge < -0.3 is 34.1 Å². The van der Waals surface area contributed by atoms with Crippen LogP contribution < -0.4 is 19.5 Å². The van der Waals surface area contributed by atoms with Crippen molar-refractivity contribution in [2.75, 3.05) is 46.8 Å². The average molecular weight is 508 g/mol. The molecule has 3 aromatic rings. The first-order valence-corrected chi connectivity index (χ1v) is 12.5. The van der Waals surface area contributed by atoms with Gasteiger partial charge in [0.15, 0.2) is 11.5 Å². The number of carbonyl (C=O) groups excluding carboxylic acids is 2. The summed E-state index contributed by atoms with van der Waals surface area (Å²) < 4.78 is 22.5. The van der Waals surface area contributed by atoms with E-state index in [9.17, 15) is 9.59 Å². The van der Waals surface area contributed by atoms with Crippen LogP contribution in [0.1, 0.15) is 29.6 Å². The van der Waals surface area contributed by atoms with E-state index in [4.69, 9.17) is 18.9 Å². The van der Waals surface area contributed by atoms with E-state index in [1.165, 1.54) is 26.3 Å². The fourth-order valence-electron chi connectivity index (χ4n) is 4.87. The number of hydrogen-bond donors (Lipinski definition) is 2. The molecule has 1 aliphatic carbocycles. The highest BCUT2D eigenvalue weighted by atomic mass is 16.7. The maximum atomic E-state index is 13.1. The number of ether oxygens (including phenoxy) is 4. The van der Waals surface area contributed by atoms with Crippen LogP contribution in [0, 0.1) is 11.8 Å². The molecule has 4 heterocycles. The molecule has 2 N–H and O–H groups in total. The first-order valence-electron chi connectivity index (χ1n) is 12.5. The number of nitrogens with one attached hydrogen (secondary N) is 2. The third kappa shape index (κ3) is 4.66. The van der Waals surface area contributed by atoms with Crippen molar-refractivity contribution in [3.8, 4) is 28.5 Å². The minimum Gasteiger partial charge on any atom is -0.492 e. The maximum absolute atomic E-state index is 13.1. The fourth-order valence-corrected chi connectivity index (χ4v) is 4.87. The number of nitrogens with zero attached hydrogens (tertiary/aromatic N) is 3. The molecule has 6 rings (SSSR count). The van der Waals surface area contributed by atoms with Crippen molar-refractivity contribution in [3.63, 3.8) is 0 Å². The molecule has 2 aliphatic heterocycles. The number of likely N-dealkylation sites (tertiary alicyclic amines) is 1. The highest BCUT2D eigenvalue weighted by Gasteiger charge is 2.30. The van der Waals surface area contributed by atoms with Crippen LogP contribution in [0.15, 0.2) is 24.7 Å². The molecule has 2 amide bonds. The van der Waals surface area contributed by atoms with Crippen LogP contribution in [0.5, 0.6) is 17.2 Å². The summed E-state index contributed by atoms with van der Waals surface area (Å²) in [7, 11) is 1.51. The number of amides is 2. The Bertz CT molecular complexity index is 1340. The van der Waals surface area contributed by atoms with Crippen LogP contribution in [0.25, 0.3) is 22.3 Å². The van der Waals surface area contributed by atoms with E-state index in [1.807, 2.05) is 12.1 Å². The number of aromatic amines is 1. The predicted octanol–water partition coefficient (Wildman–Crippen LogP) is 2.37. The van der Waals surface area contributed by atoms with E-state index in [0.717, 1.165) is 6.42 Å². The smallest absolute Gasteiger partial charge is 0.255 e. The van der Waals surface area contributed by atoms with Crippen molar-refractivity contribution in [1.29, 1.82) is 0 Å². The largest absolute Gasteiger partial charge is 0.492 e. The van der Waals surface area contributed by atoms with Gasteiger partial charge in [-0.25, -0.2) is 9.97 Å². The van der Waals surface area contributed by atoms with Gasteiger partial charge >= 0.3 is 0 Å². The van der Waals surface area contributed by atoms with Gasteiger partial charge in [-0.1, -0.05) is 0 Å². The van der Waals surface area contributed by atoms with Crippen LogP contribution in [-0.4, -0.2) is 78.4 Å². The zero-order valence-electron chi connectivity index (χ0n) is 20.6. The number of fused-ring (bicyclic) bond motifs is 2. The van der Waals surface area contributed by atoms with Gasteiger partial charge in [0.05, 0.1) is 23.3 Å². The summed E-state index contributed by atoms with van der Waals surface area (Å²) in [6.45, 7) is 2.58. The molecule has 0 bridgehead atoms. The van der Waals surface area contributed by atoms with Gasteiger partial charge in [0, 0.05) is 32.9 Å². The maximum Gasteiger partial charge on any atom is 0.255 e. The van der Waals surface area contributed by atoms with Crippen LogP contribution >= 0.6 is 0 Å². The van der Waals surface area contributed by atoms with Crippen LogP contribution in [0.3, 0.4) is 0 Å². The van der Waals surface area contributed by atoms with Gasteiger partial charge in [0.1, 0.15) is 29.9 Å². The standard InChI is InChI=1S/C26H29N5O6/c1-34-12-20(32)31-7-6-16(10-31)8-28-26(33)17-9-27-24-22(17)29-13-30-23(24)21-18(35-11-15-2-3-15)4-5-19-25(21)37-14-36-19/h4-5,9,13,15-16,27H,2-3,6-8,10-12,14H2,1H3,(H,28,33). The second-order valence-electron chi connectivity index (χ2n) is 9.71. The lowest BCUT2D eigenvalue weighted by atomic mass is 10.1. The summed E-state index contributed by atoms with van der Waals surface area (Å²) in [4.78, 5) is 39.1. The quantitative estimate of drug-likeness (QED) is 0.452. The number of H-pyrrole nitrogens is 1. The first kappa shape index (κ1) is 23.5. The Morgan fingerprint density at radius 2 is 2.08 bits per heavy atom. The van der Waals surface area contributed by atoms with E-state index < -0.39 is 0 Å². The van der Waals surface area contributed by atoms with E-state index in [1.54, 1.807) is 11.1 Å². The van der Waals surface area contributed by atoms with Gasteiger partial charge in [-0.15, -0.1) is 0 Å². The number of benzene rings is 1. The summed E-state index contributed by atoms with van der Waals surface area (Å²) in [5.74, 6) is 2.36. The fraction of sp³-hybridized carbons (Fsp3) is 0.462. The SMILES string of the molecule is COCC(=O)N1CCC(CNC(=O)c2c[nH]c3c(-c4c(OCC5CC5)ccc5c4OCO5)ncnc23)C1. The minimum atomic E-state index is -0.236. The lowest BCUT2D eigenvalue weighted by molar-refractivity contribution is -0.134. The molecule has 1 aromatic carbocycles. The van der Waals surface area contributed by atoms with Gasteiger partial charge in [0.25, 0.3) is 5.91 Å². The Morgan fingerprint density at radius 3 is 2.92 bits per heavy atom. The molecule has 11 heteroatoms. The molecule has 2 fully saturated rings. The molecule has 1 saturated heterocycles. The van der Waals surface area contributed by atoms with Gasteiger partial charge in [-0.3, -0.25) is 9.59 Å². The van der Waals surface area contributed by atoms with Crippen molar-refractivity contribution >= 4 is 22.8 Å². The number of methoxy groups -OCH3 is 1. The van der Waals surface area contributed by atoms with Crippen molar-refractivity contribution in [2.45, 2.75) is 19.3 Å². The van der Waals surface area contributed by atoms with Crippen molar-refractivity contribution < 1.29 is 28.5 Å². The van der Waals surface area contributed by atoms with Gasteiger partial charge in [-0.2, -0.15) is 0 Å². The molecule has 194 valence electrons. The normalized spacial score (nSPS) is 18.4. The third-order valence-electron chi connectivity index (χ3n) is 7.07. The molecule has 0 radical (unpaired) electrons. The van der Waals surface area contributed by atoms with Crippen molar-refractivity contribution in [2.24, 2.45) is 11.8 Å². The zero-order valence-corrected chi connectivity index (χ0v) is 20.6. The van der Waals surface area contributed by atoms with Gasteiger partial charge in [0.2, 0.25) is 12.7 Å². The van der Waals surface area contributed by atoms with Crippen molar-refractivity contribution in [3.05, 3.63) is 30.2 Å². The molecule has 37 heavy (non-hydrogen) atoms. The second kappa shape index (κ2) is 9.89. The first-order chi connectivity index (χ1) is 18.1. The zero-order chi connectivity index (χ0) is 25.4. The third-order valence-corrected chi connectivity index (χ3v) is 7.07. The molecule has 1 saturated carbocycles. The Hall–Kier alpha value is -3.86. The second-order valence-corrected chi connectivity index (χ2v) is 9.71. The minimum absolute atomic E-state index is 0.0283. The molecule has 0 spiro atoms. The number of carbonyl (C=O) groups is 2. The van der Waals surface area contributed by atoms with E-state index in [2.05, 4.69) is 20.3 Å².